The summed E-state index contributed by atoms with van der Waals surface area (Å²) < 4.78 is 2.00. The van der Waals surface area contributed by atoms with Crippen LogP contribution in [0.4, 0.5) is 0 Å². The second kappa shape index (κ2) is 8.08. The summed E-state index contributed by atoms with van der Waals surface area (Å²) >= 11 is 0. The van der Waals surface area contributed by atoms with E-state index in [-0.39, 0.29) is 5.91 Å². The number of piperidine rings is 1. The number of aromatic nitrogens is 2. The minimum atomic E-state index is 0.128. The Balaban J connectivity index is 1.48. The number of likely N-dealkylation sites (tertiary alicyclic amines) is 1. The molecule has 1 fully saturated rings. The summed E-state index contributed by atoms with van der Waals surface area (Å²) in [6.45, 7) is 7.30. The first-order valence-corrected chi connectivity index (χ1v) is 10.7. The van der Waals surface area contributed by atoms with Crippen LogP contribution < -0.4 is 0 Å². The Labute approximate surface area is 168 Å². The van der Waals surface area contributed by atoms with Gasteiger partial charge in [-0.2, -0.15) is 5.10 Å². The van der Waals surface area contributed by atoms with E-state index in [2.05, 4.69) is 37.9 Å². The second-order valence-corrected chi connectivity index (χ2v) is 8.64. The molecule has 0 bridgehead atoms. The predicted octanol–water partition coefficient (Wildman–Crippen LogP) is 3.55. The first-order chi connectivity index (χ1) is 13.5. The maximum Gasteiger partial charge on any atom is 0.274 e. The number of benzene rings is 1. The van der Waals surface area contributed by atoms with Gasteiger partial charge < -0.3 is 9.80 Å². The number of fused-ring (bicyclic) bond motifs is 1. The summed E-state index contributed by atoms with van der Waals surface area (Å²) in [5, 5.41) is 4.79. The molecule has 2 aliphatic rings. The number of carbonyl (C=O) groups is 1. The van der Waals surface area contributed by atoms with Crippen LogP contribution in [0.25, 0.3) is 5.69 Å². The number of nitrogens with zero attached hydrogens (tertiary/aromatic N) is 4. The molecule has 0 N–H and O–H groups in total. The van der Waals surface area contributed by atoms with Crippen molar-refractivity contribution in [2.45, 2.75) is 52.0 Å². The largest absolute Gasteiger partial charge is 0.337 e. The van der Waals surface area contributed by atoms with Gasteiger partial charge in [0.25, 0.3) is 5.91 Å². The fourth-order valence-corrected chi connectivity index (χ4v) is 4.48. The average molecular weight is 381 g/mol. The van der Waals surface area contributed by atoms with E-state index < -0.39 is 0 Å². The fraction of sp³-hybridized carbons (Fsp3) is 0.565. The minimum Gasteiger partial charge on any atom is -0.337 e. The lowest BCUT2D eigenvalue weighted by atomic mass is 9.95. The van der Waals surface area contributed by atoms with Gasteiger partial charge in [0.15, 0.2) is 5.69 Å². The second-order valence-electron chi connectivity index (χ2n) is 8.64. The van der Waals surface area contributed by atoms with Crippen LogP contribution in [0.1, 0.15) is 54.9 Å². The maximum atomic E-state index is 13.3. The van der Waals surface area contributed by atoms with Crippen LogP contribution >= 0.6 is 0 Å². The van der Waals surface area contributed by atoms with Gasteiger partial charge >= 0.3 is 0 Å². The monoisotopic (exact) mass is 380 g/mol. The molecule has 0 unspecified atom stereocenters. The van der Waals surface area contributed by atoms with Crippen LogP contribution in [-0.4, -0.2) is 58.2 Å². The molecule has 1 aromatic carbocycles. The van der Waals surface area contributed by atoms with Gasteiger partial charge in [-0.3, -0.25) is 4.79 Å². The van der Waals surface area contributed by atoms with E-state index in [4.69, 9.17) is 5.10 Å². The highest BCUT2D eigenvalue weighted by atomic mass is 16.2. The standard InChI is InChI=1S/C23H32N4O/c1-17(2)25(3)16-18-12-14-26(15-13-18)23(28)22-20-10-7-11-21(20)27(24-22)19-8-5-4-6-9-19/h4-6,8-9,17-18H,7,10-16H2,1-3H3. The first kappa shape index (κ1) is 19.2. The number of para-hydroxylation sites is 1. The number of carbonyl (C=O) groups excluding carboxylic acids is 1. The van der Waals surface area contributed by atoms with Crippen LogP contribution in [0.5, 0.6) is 0 Å². The fourth-order valence-electron chi connectivity index (χ4n) is 4.48. The van der Waals surface area contributed by atoms with E-state index in [0.29, 0.717) is 17.7 Å². The van der Waals surface area contributed by atoms with Gasteiger partial charge in [0.1, 0.15) is 0 Å². The van der Waals surface area contributed by atoms with Crippen LogP contribution in [0.3, 0.4) is 0 Å². The zero-order valence-corrected chi connectivity index (χ0v) is 17.4. The Kier molecular flexibility index (Phi) is 5.54. The third kappa shape index (κ3) is 3.72. The number of hydrogen-bond acceptors (Lipinski definition) is 3. The molecule has 150 valence electrons. The van der Waals surface area contributed by atoms with Crippen molar-refractivity contribution in [3.63, 3.8) is 0 Å². The van der Waals surface area contributed by atoms with Crippen molar-refractivity contribution in [1.29, 1.82) is 0 Å². The third-order valence-electron chi connectivity index (χ3n) is 6.46. The number of amides is 1. The molecule has 1 saturated heterocycles. The van der Waals surface area contributed by atoms with Crippen LogP contribution in [0.15, 0.2) is 30.3 Å². The Morgan fingerprint density at radius 2 is 1.89 bits per heavy atom. The highest BCUT2D eigenvalue weighted by Gasteiger charge is 2.31. The SMILES string of the molecule is CC(C)N(C)CC1CCN(C(=O)c2nn(-c3ccccc3)c3c2CCC3)CC1. The molecule has 4 rings (SSSR count). The van der Waals surface area contributed by atoms with Gasteiger partial charge in [-0.25, -0.2) is 4.68 Å². The van der Waals surface area contributed by atoms with Crippen molar-refractivity contribution < 1.29 is 4.79 Å². The Morgan fingerprint density at radius 3 is 2.57 bits per heavy atom. The van der Waals surface area contributed by atoms with E-state index in [1.807, 2.05) is 27.8 Å². The molecule has 28 heavy (non-hydrogen) atoms. The molecule has 1 aliphatic heterocycles. The third-order valence-corrected chi connectivity index (χ3v) is 6.46. The molecule has 2 aromatic rings. The van der Waals surface area contributed by atoms with Gasteiger partial charge in [0.05, 0.1) is 5.69 Å². The Bertz CT molecular complexity index is 819. The Hall–Kier alpha value is -2.14. The van der Waals surface area contributed by atoms with Crippen LogP contribution in [0, 0.1) is 5.92 Å². The number of rotatable bonds is 5. The quantitative estimate of drug-likeness (QED) is 0.796. The van der Waals surface area contributed by atoms with Gasteiger partial charge in [-0.05, 0) is 71.0 Å². The summed E-state index contributed by atoms with van der Waals surface area (Å²) in [5.74, 6) is 0.813. The van der Waals surface area contributed by atoms with Crippen LogP contribution in [-0.2, 0) is 12.8 Å². The maximum absolute atomic E-state index is 13.3. The van der Waals surface area contributed by atoms with Crippen molar-refractivity contribution >= 4 is 5.91 Å². The first-order valence-electron chi connectivity index (χ1n) is 10.7. The number of hydrogen-bond donors (Lipinski definition) is 0. The molecular weight excluding hydrogens is 348 g/mol. The van der Waals surface area contributed by atoms with Gasteiger partial charge in [0, 0.05) is 36.9 Å². The van der Waals surface area contributed by atoms with Gasteiger partial charge in [-0.15, -0.1) is 0 Å². The smallest absolute Gasteiger partial charge is 0.274 e. The molecule has 5 nitrogen and oxygen atoms in total. The van der Waals surface area contributed by atoms with E-state index in [0.717, 1.165) is 57.4 Å². The minimum absolute atomic E-state index is 0.128. The molecule has 0 spiro atoms. The molecule has 0 atom stereocenters. The van der Waals surface area contributed by atoms with Gasteiger partial charge in [0.2, 0.25) is 0 Å². The van der Waals surface area contributed by atoms with Crippen LogP contribution in [0.2, 0.25) is 0 Å². The molecule has 0 radical (unpaired) electrons. The molecule has 1 aromatic heterocycles. The predicted molar refractivity (Wildman–Crippen MR) is 112 cm³/mol. The average Bonchev–Trinajstić information content (AvgIpc) is 3.31. The summed E-state index contributed by atoms with van der Waals surface area (Å²) in [4.78, 5) is 17.7. The summed E-state index contributed by atoms with van der Waals surface area (Å²) in [6.07, 6.45) is 5.27. The van der Waals surface area contributed by atoms with E-state index in [1.165, 1.54) is 11.3 Å². The zero-order chi connectivity index (χ0) is 19.7. The van der Waals surface area contributed by atoms with E-state index in [9.17, 15) is 4.79 Å². The van der Waals surface area contributed by atoms with Crippen molar-refractivity contribution in [3.8, 4) is 5.69 Å². The molecule has 1 amide bonds. The molecule has 1 aliphatic carbocycles. The molecule has 5 heteroatoms. The highest BCUT2D eigenvalue weighted by Crippen LogP contribution is 2.29. The molecule has 0 saturated carbocycles. The van der Waals surface area contributed by atoms with Crippen molar-refractivity contribution in [3.05, 3.63) is 47.3 Å². The Morgan fingerprint density at radius 1 is 1.18 bits per heavy atom. The summed E-state index contributed by atoms with van der Waals surface area (Å²) in [7, 11) is 2.20. The highest BCUT2D eigenvalue weighted by molar-refractivity contribution is 5.94. The lowest BCUT2D eigenvalue weighted by Crippen LogP contribution is -2.42. The summed E-state index contributed by atoms with van der Waals surface area (Å²) in [5.41, 5.74) is 4.14. The lowest BCUT2D eigenvalue weighted by molar-refractivity contribution is 0.0659. The van der Waals surface area contributed by atoms with E-state index >= 15 is 0 Å². The van der Waals surface area contributed by atoms with Crippen molar-refractivity contribution in [2.24, 2.45) is 5.92 Å². The van der Waals surface area contributed by atoms with Crippen molar-refractivity contribution in [1.82, 2.24) is 19.6 Å². The molecular formula is C23H32N4O. The zero-order valence-electron chi connectivity index (χ0n) is 17.4. The van der Waals surface area contributed by atoms with Crippen molar-refractivity contribution in [2.75, 3.05) is 26.7 Å². The topological polar surface area (TPSA) is 41.4 Å². The van der Waals surface area contributed by atoms with E-state index in [1.54, 1.807) is 0 Å². The summed E-state index contributed by atoms with van der Waals surface area (Å²) in [6, 6.07) is 10.8. The normalized spacial score (nSPS) is 17.5. The van der Waals surface area contributed by atoms with Gasteiger partial charge in [-0.1, -0.05) is 18.2 Å². The molecule has 2 heterocycles. The lowest BCUT2D eigenvalue weighted by Gasteiger charge is -2.34.